The lowest BCUT2D eigenvalue weighted by atomic mass is 10.2. The monoisotopic (exact) mass is 251 g/mol. The normalized spacial score (nSPS) is 10.5. The van der Waals surface area contributed by atoms with Crippen LogP contribution in [0.4, 0.5) is 4.39 Å². The number of nitrogens with two attached hydrogens (primary N) is 1. The summed E-state index contributed by atoms with van der Waals surface area (Å²) in [5.74, 6) is -0.0575. The van der Waals surface area contributed by atoms with Crippen LogP contribution in [-0.2, 0) is 13.0 Å². The highest BCUT2D eigenvalue weighted by Gasteiger charge is 2.04. The minimum atomic E-state index is -0.348. The molecule has 90 valence electrons. The SMILES string of the molecule is NCc1ccc(OCCc2cccs2)c(F)c1. The number of thiophene rings is 1. The summed E-state index contributed by atoms with van der Waals surface area (Å²) in [6.45, 7) is 0.825. The smallest absolute Gasteiger partial charge is 0.165 e. The summed E-state index contributed by atoms with van der Waals surface area (Å²) in [6.07, 6.45) is 0.801. The van der Waals surface area contributed by atoms with Crippen LogP contribution in [0.2, 0.25) is 0 Å². The Bertz CT molecular complexity index is 470. The van der Waals surface area contributed by atoms with Crippen molar-refractivity contribution in [1.29, 1.82) is 0 Å². The maximum atomic E-state index is 13.5. The summed E-state index contributed by atoms with van der Waals surface area (Å²) in [7, 11) is 0. The van der Waals surface area contributed by atoms with Gasteiger partial charge in [0.2, 0.25) is 0 Å². The maximum absolute atomic E-state index is 13.5. The lowest BCUT2D eigenvalue weighted by molar-refractivity contribution is 0.306. The molecule has 0 spiro atoms. The highest BCUT2D eigenvalue weighted by atomic mass is 32.1. The van der Waals surface area contributed by atoms with Crippen molar-refractivity contribution < 1.29 is 9.13 Å². The number of ether oxygens (including phenoxy) is 1. The van der Waals surface area contributed by atoms with Gasteiger partial charge in [-0.1, -0.05) is 12.1 Å². The number of benzene rings is 1. The number of hydrogen-bond acceptors (Lipinski definition) is 3. The van der Waals surface area contributed by atoms with Crippen LogP contribution in [0.15, 0.2) is 35.7 Å². The predicted octanol–water partition coefficient (Wildman–Crippen LogP) is 2.97. The molecule has 0 fully saturated rings. The van der Waals surface area contributed by atoms with E-state index in [1.165, 1.54) is 10.9 Å². The highest BCUT2D eigenvalue weighted by molar-refractivity contribution is 7.09. The number of hydrogen-bond donors (Lipinski definition) is 1. The topological polar surface area (TPSA) is 35.2 Å². The van der Waals surface area contributed by atoms with Crippen LogP contribution in [0.1, 0.15) is 10.4 Å². The molecule has 1 aromatic carbocycles. The van der Waals surface area contributed by atoms with E-state index in [4.69, 9.17) is 10.5 Å². The van der Waals surface area contributed by atoms with E-state index >= 15 is 0 Å². The molecular weight excluding hydrogens is 237 g/mol. The van der Waals surface area contributed by atoms with Gasteiger partial charge >= 0.3 is 0 Å². The molecule has 0 saturated heterocycles. The van der Waals surface area contributed by atoms with Crippen LogP contribution in [0.3, 0.4) is 0 Å². The van der Waals surface area contributed by atoms with Crippen LogP contribution in [-0.4, -0.2) is 6.61 Å². The van der Waals surface area contributed by atoms with E-state index in [0.29, 0.717) is 18.9 Å². The van der Waals surface area contributed by atoms with E-state index in [-0.39, 0.29) is 5.82 Å². The van der Waals surface area contributed by atoms with E-state index in [2.05, 4.69) is 0 Å². The molecule has 0 radical (unpaired) electrons. The zero-order valence-electron chi connectivity index (χ0n) is 9.36. The first kappa shape index (κ1) is 12.1. The van der Waals surface area contributed by atoms with Gasteiger partial charge in [0.15, 0.2) is 11.6 Å². The lowest BCUT2D eigenvalue weighted by Gasteiger charge is -2.07. The van der Waals surface area contributed by atoms with E-state index in [0.717, 1.165) is 12.0 Å². The van der Waals surface area contributed by atoms with Crippen molar-refractivity contribution in [3.05, 3.63) is 52.0 Å². The van der Waals surface area contributed by atoms with Crippen LogP contribution >= 0.6 is 11.3 Å². The molecule has 2 rings (SSSR count). The molecule has 0 atom stereocenters. The zero-order valence-corrected chi connectivity index (χ0v) is 10.2. The molecule has 0 bridgehead atoms. The third kappa shape index (κ3) is 3.28. The van der Waals surface area contributed by atoms with Crippen molar-refractivity contribution in [2.45, 2.75) is 13.0 Å². The maximum Gasteiger partial charge on any atom is 0.165 e. The highest BCUT2D eigenvalue weighted by Crippen LogP contribution is 2.19. The molecule has 0 aliphatic heterocycles. The standard InChI is InChI=1S/C13H14FNOS/c14-12-8-10(9-15)3-4-13(12)16-6-5-11-2-1-7-17-11/h1-4,7-8H,5-6,9,15H2. The Morgan fingerprint density at radius 1 is 1.29 bits per heavy atom. The molecule has 0 aliphatic carbocycles. The van der Waals surface area contributed by atoms with Crippen molar-refractivity contribution in [2.75, 3.05) is 6.61 Å². The fourth-order valence-corrected chi connectivity index (χ4v) is 2.20. The van der Waals surface area contributed by atoms with Gasteiger partial charge in [-0.05, 0) is 29.1 Å². The fraction of sp³-hybridized carbons (Fsp3) is 0.231. The first-order valence-electron chi connectivity index (χ1n) is 5.43. The average Bonchev–Trinajstić information content (AvgIpc) is 2.84. The largest absolute Gasteiger partial charge is 0.490 e. The summed E-state index contributed by atoms with van der Waals surface area (Å²) in [6, 6.07) is 8.87. The van der Waals surface area contributed by atoms with Gasteiger partial charge in [0.1, 0.15) is 0 Å². The zero-order chi connectivity index (χ0) is 12.1. The van der Waals surface area contributed by atoms with Gasteiger partial charge in [0.05, 0.1) is 6.61 Å². The second kappa shape index (κ2) is 5.80. The second-order valence-electron chi connectivity index (χ2n) is 3.65. The Morgan fingerprint density at radius 3 is 2.82 bits per heavy atom. The molecule has 0 amide bonds. The van der Waals surface area contributed by atoms with Gasteiger partial charge in [-0.3, -0.25) is 0 Å². The minimum Gasteiger partial charge on any atom is -0.490 e. The van der Waals surface area contributed by atoms with Crippen molar-refractivity contribution in [3.63, 3.8) is 0 Å². The van der Waals surface area contributed by atoms with E-state index in [9.17, 15) is 4.39 Å². The van der Waals surface area contributed by atoms with Gasteiger partial charge in [-0.25, -0.2) is 4.39 Å². The van der Waals surface area contributed by atoms with Crippen LogP contribution in [0.5, 0.6) is 5.75 Å². The Balaban J connectivity index is 1.90. The second-order valence-corrected chi connectivity index (χ2v) is 4.68. The van der Waals surface area contributed by atoms with Crippen molar-refractivity contribution >= 4 is 11.3 Å². The molecule has 0 aliphatic rings. The summed E-state index contributed by atoms with van der Waals surface area (Å²) in [4.78, 5) is 1.24. The number of rotatable bonds is 5. The van der Waals surface area contributed by atoms with E-state index in [1.807, 2.05) is 17.5 Å². The van der Waals surface area contributed by atoms with E-state index < -0.39 is 0 Å². The first-order valence-corrected chi connectivity index (χ1v) is 6.31. The summed E-state index contributed by atoms with van der Waals surface area (Å²) in [5, 5.41) is 2.02. The van der Waals surface area contributed by atoms with Gasteiger partial charge in [-0.2, -0.15) is 0 Å². The third-order valence-electron chi connectivity index (χ3n) is 2.42. The van der Waals surface area contributed by atoms with Crippen molar-refractivity contribution in [3.8, 4) is 5.75 Å². The Hall–Kier alpha value is -1.39. The Kier molecular flexibility index (Phi) is 4.12. The lowest BCUT2D eigenvalue weighted by Crippen LogP contribution is -2.03. The Labute approximate surface area is 104 Å². The van der Waals surface area contributed by atoms with Crippen LogP contribution in [0.25, 0.3) is 0 Å². The average molecular weight is 251 g/mol. The molecule has 0 unspecified atom stereocenters. The van der Waals surface area contributed by atoms with Gasteiger partial charge in [0, 0.05) is 17.8 Å². The van der Waals surface area contributed by atoms with Gasteiger partial charge in [0.25, 0.3) is 0 Å². The Morgan fingerprint density at radius 2 is 2.18 bits per heavy atom. The summed E-state index contributed by atoms with van der Waals surface area (Å²) in [5.41, 5.74) is 6.20. The van der Waals surface area contributed by atoms with Crippen molar-refractivity contribution in [2.24, 2.45) is 5.73 Å². The predicted molar refractivity (Wildman–Crippen MR) is 67.8 cm³/mol. The summed E-state index contributed by atoms with van der Waals surface area (Å²) >= 11 is 1.68. The van der Waals surface area contributed by atoms with Gasteiger partial charge in [-0.15, -0.1) is 11.3 Å². The van der Waals surface area contributed by atoms with Gasteiger partial charge < -0.3 is 10.5 Å². The summed E-state index contributed by atoms with van der Waals surface area (Å²) < 4.78 is 18.9. The molecule has 2 aromatic rings. The quantitative estimate of drug-likeness (QED) is 0.886. The first-order chi connectivity index (χ1) is 8.29. The molecular formula is C13H14FNOS. The van der Waals surface area contributed by atoms with Crippen molar-refractivity contribution in [1.82, 2.24) is 0 Å². The molecule has 2 nitrogen and oxygen atoms in total. The van der Waals surface area contributed by atoms with E-state index in [1.54, 1.807) is 23.5 Å². The minimum absolute atomic E-state index is 0.291. The van der Waals surface area contributed by atoms with Crippen LogP contribution < -0.4 is 10.5 Å². The fourth-order valence-electron chi connectivity index (χ4n) is 1.50. The molecule has 1 aromatic heterocycles. The molecule has 2 N–H and O–H groups in total. The molecule has 4 heteroatoms. The molecule has 1 heterocycles. The number of halogens is 1. The third-order valence-corrected chi connectivity index (χ3v) is 3.35. The molecule has 17 heavy (non-hydrogen) atoms. The van der Waals surface area contributed by atoms with Crippen LogP contribution in [0, 0.1) is 5.82 Å². The molecule has 0 saturated carbocycles.